The Kier molecular flexibility index (Phi) is 5.74. The Morgan fingerprint density at radius 1 is 0.500 bits per heavy atom. The zero-order chi connectivity index (χ0) is 26.6. The highest BCUT2D eigenvalue weighted by atomic mass is 32.1. The van der Waals surface area contributed by atoms with Gasteiger partial charge in [0.2, 0.25) is 0 Å². The number of nitrogens with zero attached hydrogens (tertiary/aromatic N) is 2. The van der Waals surface area contributed by atoms with E-state index in [0.717, 1.165) is 18.2 Å². The number of hydrogen-bond donors (Lipinski definition) is 0. The van der Waals surface area contributed by atoms with Gasteiger partial charge in [0.15, 0.2) is 5.11 Å². The summed E-state index contributed by atoms with van der Waals surface area (Å²) >= 11 is 6.42. The van der Waals surface area contributed by atoms with Gasteiger partial charge in [-0.05, 0) is 91.4 Å². The molecule has 0 N–H and O–H groups in total. The predicted octanol–water partition coefficient (Wildman–Crippen LogP) is 9.21. The maximum Gasteiger partial charge on any atom is 0.172 e. The molecule has 2 atom stereocenters. The number of thiocarbonyl (C=S) groups is 1. The Labute approximate surface area is 240 Å². The van der Waals surface area contributed by atoms with Crippen molar-refractivity contribution < 1.29 is 0 Å². The fourth-order valence-electron chi connectivity index (χ4n) is 7.53. The monoisotopic (exact) mass is 536 g/mol. The summed E-state index contributed by atoms with van der Waals surface area (Å²) in [6, 6.07) is 41.0. The van der Waals surface area contributed by atoms with E-state index in [1.54, 1.807) is 0 Å². The van der Waals surface area contributed by atoms with Gasteiger partial charge in [0.05, 0.1) is 12.1 Å². The van der Waals surface area contributed by atoms with Crippen molar-refractivity contribution in [2.75, 3.05) is 0 Å². The molecule has 2 fully saturated rings. The summed E-state index contributed by atoms with van der Waals surface area (Å²) in [5.74, 6) is 0. The average molecular weight is 537 g/mol. The number of fused-ring (bicyclic) bond motifs is 5. The van der Waals surface area contributed by atoms with Crippen LogP contribution in [-0.2, 0) is 13.1 Å². The van der Waals surface area contributed by atoms with E-state index in [2.05, 4.69) is 119 Å². The molecule has 0 radical (unpaired) electrons. The molecule has 0 spiro atoms. The second-order valence-corrected chi connectivity index (χ2v) is 11.9. The number of hydrogen-bond acceptors (Lipinski definition) is 1. The van der Waals surface area contributed by atoms with Gasteiger partial charge in [-0.25, -0.2) is 0 Å². The molecule has 2 nitrogen and oxygen atoms in total. The molecule has 0 unspecified atom stereocenters. The molecule has 1 aliphatic heterocycles. The van der Waals surface area contributed by atoms with Gasteiger partial charge in [0, 0.05) is 13.1 Å². The summed E-state index contributed by atoms with van der Waals surface area (Å²) in [7, 11) is 0. The zero-order valence-electron chi connectivity index (χ0n) is 22.6. The first-order valence-electron chi connectivity index (χ1n) is 14.6. The summed E-state index contributed by atoms with van der Waals surface area (Å²) in [6.45, 7) is 1.71. The number of benzene rings is 6. The first kappa shape index (κ1) is 23.9. The third kappa shape index (κ3) is 3.79. The molecule has 2 aliphatic rings. The van der Waals surface area contributed by atoms with E-state index in [1.807, 2.05) is 0 Å². The Balaban J connectivity index is 1.24. The van der Waals surface area contributed by atoms with E-state index in [0.29, 0.717) is 12.1 Å². The van der Waals surface area contributed by atoms with Crippen molar-refractivity contribution in [2.45, 2.75) is 50.9 Å². The third-order valence-corrected chi connectivity index (χ3v) is 9.88. The van der Waals surface area contributed by atoms with Crippen molar-refractivity contribution in [3.63, 3.8) is 0 Å². The lowest BCUT2D eigenvalue weighted by Crippen LogP contribution is -2.39. The highest BCUT2D eigenvalue weighted by Gasteiger charge is 2.44. The van der Waals surface area contributed by atoms with E-state index in [-0.39, 0.29) is 0 Å². The molecule has 8 rings (SSSR count). The second kappa shape index (κ2) is 9.60. The SMILES string of the molecule is S=C1N(Cc2c3ccccc3cc3ccccc23)[C@@H]2CCCC[C@H]2N1Cc1c2ccccc2cc2ccccc12. The van der Waals surface area contributed by atoms with Crippen LogP contribution in [0.3, 0.4) is 0 Å². The van der Waals surface area contributed by atoms with E-state index < -0.39 is 0 Å². The molecule has 0 bridgehead atoms. The number of rotatable bonds is 4. The first-order valence-corrected chi connectivity index (χ1v) is 15.0. The maximum absolute atomic E-state index is 6.42. The van der Waals surface area contributed by atoms with Crippen LogP contribution in [0.25, 0.3) is 43.1 Å². The molecule has 6 aromatic carbocycles. The summed E-state index contributed by atoms with van der Waals surface area (Å²) in [4.78, 5) is 5.17. The fourth-order valence-corrected chi connectivity index (χ4v) is 7.93. The van der Waals surface area contributed by atoms with E-state index in [4.69, 9.17) is 12.2 Å². The van der Waals surface area contributed by atoms with Crippen LogP contribution in [0.15, 0.2) is 109 Å². The Hall–Kier alpha value is -3.95. The lowest BCUT2D eigenvalue weighted by molar-refractivity contribution is 0.198. The highest BCUT2D eigenvalue weighted by Crippen LogP contribution is 2.40. The molecule has 40 heavy (non-hydrogen) atoms. The molecule has 6 aromatic rings. The minimum Gasteiger partial charge on any atom is -0.340 e. The van der Waals surface area contributed by atoms with Crippen LogP contribution < -0.4 is 0 Å². The molecule has 1 aliphatic carbocycles. The van der Waals surface area contributed by atoms with Crippen LogP contribution in [-0.4, -0.2) is 27.0 Å². The molecular formula is C37H32N2S. The van der Waals surface area contributed by atoms with Crippen molar-refractivity contribution in [3.05, 3.63) is 120 Å². The first-order chi connectivity index (χ1) is 19.8. The van der Waals surface area contributed by atoms with Crippen molar-refractivity contribution in [1.82, 2.24) is 9.80 Å². The largest absolute Gasteiger partial charge is 0.340 e. The van der Waals surface area contributed by atoms with Crippen molar-refractivity contribution in [1.29, 1.82) is 0 Å². The van der Waals surface area contributed by atoms with Gasteiger partial charge in [-0.15, -0.1) is 0 Å². The smallest absolute Gasteiger partial charge is 0.172 e. The summed E-state index contributed by atoms with van der Waals surface area (Å²) < 4.78 is 0. The molecule has 1 saturated heterocycles. The summed E-state index contributed by atoms with van der Waals surface area (Å²) in [6.07, 6.45) is 4.98. The van der Waals surface area contributed by atoms with Crippen LogP contribution in [0.1, 0.15) is 36.8 Å². The van der Waals surface area contributed by atoms with Crippen LogP contribution in [0, 0.1) is 0 Å². The minimum atomic E-state index is 0.459. The van der Waals surface area contributed by atoms with Gasteiger partial charge in [-0.3, -0.25) is 0 Å². The van der Waals surface area contributed by atoms with E-state index in [1.165, 1.54) is 79.9 Å². The standard InChI is InChI=1S/C37H32N2S/c40-37-38(23-33-29-15-5-1-11-25(29)21-26-12-2-6-16-30(26)33)35-19-9-10-20-36(35)39(37)24-34-31-17-7-3-13-27(31)22-28-14-4-8-18-32(28)34/h1-8,11-18,21-22,35-36H,9-10,19-20,23-24H2/t35-,36-/m1/s1. The van der Waals surface area contributed by atoms with E-state index >= 15 is 0 Å². The normalized spacial score (nSPS) is 19.2. The third-order valence-electron chi connectivity index (χ3n) is 9.41. The molecular weight excluding hydrogens is 504 g/mol. The molecule has 3 heteroatoms. The van der Waals surface area contributed by atoms with Crippen LogP contribution >= 0.6 is 12.2 Å². The second-order valence-electron chi connectivity index (χ2n) is 11.6. The van der Waals surface area contributed by atoms with Gasteiger partial charge < -0.3 is 9.80 Å². The lowest BCUT2D eigenvalue weighted by atomic mass is 9.89. The van der Waals surface area contributed by atoms with Gasteiger partial charge in [0.25, 0.3) is 0 Å². The van der Waals surface area contributed by atoms with Crippen LogP contribution in [0.5, 0.6) is 0 Å². The summed E-state index contributed by atoms with van der Waals surface area (Å²) in [5.41, 5.74) is 2.80. The maximum atomic E-state index is 6.42. The lowest BCUT2D eigenvalue weighted by Gasteiger charge is -2.33. The molecule has 0 amide bonds. The van der Waals surface area contributed by atoms with Gasteiger partial charge in [0.1, 0.15) is 0 Å². The highest BCUT2D eigenvalue weighted by molar-refractivity contribution is 7.80. The predicted molar refractivity (Wildman–Crippen MR) is 173 cm³/mol. The Bertz CT molecular complexity index is 1680. The molecule has 1 heterocycles. The van der Waals surface area contributed by atoms with Gasteiger partial charge in [-0.2, -0.15) is 0 Å². The van der Waals surface area contributed by atoms with Gasteiger partial charge in [-0.1, -0.05) is 110 Å². The van der Waals surface area contributed by atoms with Crippen molar-refractivity contribution in [3.8, 4) is 0 Å². The minimum absolute atomic E-state index is 0.459. The molecule has 0 aromatic heterocycles. The topological polar surface area (TPSA) is 6.48 Å². The van der Waals surface area contributed by atoms with E-state index in [9.17, 15) is 0 Å². The van der Waals surface area contributed by atoms with Crippen molar-refractivity contribution >= 4 is 60.4 Å². The zero-order valence-corrected chi connectivity index (χ0v) is 23.4. The Morgan fingerprint density at radius 3 is 1.18 bits per heavy atom. The molecule has 1 saturated carbocycles. The fraction of sp³-hybridized carbons (Fsp3) is 0.216. The summed E-state index contributed by atoms with van der Waals surface area (Å²) in [5, 5.41) is 11.6. The Morgan fingerprint density at radius 2 is 0.825 bits per heavy atom. The van der Waals surface area contributed by atoms with Crippen molar-refractivity contribution in [2.24, 2.45) is 0 Å². The molecule has 196 valence electrons. The quantitative estimate of drug-likeness (QED) is 0.164. The van der Waals surface area contributed by atoms with Crippen LogP contribution in [0.4, 0.5) is 0 Å². The average Bonchev–Trinajstić information content (AvgIpc) is 3.26. The van der Waals surface area contributed by atoms with Gasteiger partial charge >= 0.3 is 0 Å². The van der Waals surface area contributed by atoms with Crippen LogP contribution in [0.2, 0.25) is 0 Å².